The smallest absolute Gasteiger partial charge is 0.407 e. The Morgan fingerprint density at radius 2 is 1.74 bits per heavy atom. The first-order chi connectivity index (χ1) is 16.4. The summed E-state index contributed by atoms with van der Waals surface area (Å²) in [4.78, 5) is 48.9. The van der Waals surface area contributed by atoms with E-state index in [1.54, 1.807) is 0 Å². The van der Waals surface area contributed by atoms with E-state index < -0.39 is 36.0 Å². The van der Waals surface area contributed by atoms with Crippen molar-refractivity contribution >= 4 is 23.9 Å². The van der Waals surface area contributed by atoms with Gasteiger partial charge in [0.2, 0.25) is 5.91 Å². The summed E-state index contributed by atoms with van der Waals surface area (Å²) in [5, 5.41) is 12.7. The number of alkyl carbamates (subject to hydrolysis) is 1. The van der Waals surface area contributed by atoms with Gasteiger partial charge in [-0.2, -0.15) is 0 Å². The van der Waals surface area contributed by atoms with Crippen LogP contribution >= 0.6 is 0 Å². The van der Waals surface area contributed by atoms with E-state index in [1.807, 2.05) is 55.5 Å². The lowest BCUT2D eigenvalue weighted by Gasteiger charge is -2.26. The largest absolute Gasteiger partial charge is 0.480 e. The second kappa shape index (κ2) is 9.94. The molecular weight excluding hydrogens is 438 g/mol. The van der Waals surface area contributed by atoms with Crippen molar-refractivity contribution < 1.29 is 29.0 Å². The fourth-order valence-electron chi connectivity index (χ4n) is 4.55. The molecule has 1 saturated heterocycles. The third-order valence-electron chi connectivity index (χ3n) is 6.24. The van der Waals surface area contributed by atoms with Crippen LogP contribution < -0.4 is 10.7 Å². The first-order valence-electron chi connectivity index (χ1n) is 11.4. The minimum atomic E-state index is -1.31. The van der Waals surface area contributed by atoms with E-state index in [-0.39, 0.29) is 25.4 Å². The van der Waals surface area contributed by atoms with Crippen LogP contribution in [0, 0.1) is 0 Å². The molecule has 9 heteroatoms. The molecule has 0 bridgehead atoms. The van der Waals surface area contributed by atoms with Crippen molar-refractivity contribution in [2.45, 2.75) is 50.6 Å². The zero-order chi connectivity index (χ0) is 24.2. The molecule has 0 spiro atoms. The summed E-state index contributed by atoms with van der Waals surface area (Å²) in [7, 11) is 0. The van der Waals surface area contributed by atoms with Gasteiger partial charge >= 0.3 is 12.1 Å². The molecular formula is C25H27N3O6. The molecule has 4 rings (SSSR count). The molecule has 1 heterocycles. The number of amides is 3. The minimum Gasteiger partial charge on any atom is -0.480 e. The van der Waals surface area contributed by atoms with Gasteiger partial charge in [0.05, 0.1) is 6.42 Å². The molecule has 1 aliphatic heterocycles. The number of carboxylic acid groups (broad SMARTS) is 1. The van der Waals surface area contributed by atoms with Crippen molar-refractivity contribution in [2.24, 2.45) is 0 Å². The van der Waals surface area contributed by atoms with Crippen LogP contribution in [-0.4, -0.2) is 52.7 Å². The number of hydrogen-bond acceptors (Lipinski definition) is 5. The first kappa shape index (κ1) is 23.3. The Bertz CT molecular complexity index is 1070. The maximum Gasteiger partial charge on any atom is 0.407 e. The molecule has 2 unspecified atom stereocenters. The Kier molecular flexibility index (Phi) is 6.81. The maximum absolute atomic E-state index is 13.0. The normalized spacial score (nSPS) is 17.5. The van der Waals surface area contributed by atoms with Crippen molar-refractivity contribution in [1.82, 2.24) is 15.8 Å². The fourth-order valence-corrected chi connectivity index (χ4v) is 4.55. The molecule has 1 aliphatic carbocycles. The van der Waals surface area contributed by atoms with E-state index >= 15 is 0 Å². The van der Waals surface area contributed by atoms with E-state index in [2.05, 4.69) is 10.7 Å². The number of fused-ring (bicyclic) bond motifs is 3. The highest BCUT2D eigenvalue weighted by molar-refractivity contribution is 5.96. The third-order valence-corrected chi connectivity index (χ3v) is 6.24. The van der Waals surface area contributed by atoms with E-state index in [0.717, 1.165) is 33.7 Å². The summed E-state index contributed by atoms with van der Waals surface area (Å²) in [6, 6.07) is 13.6. The van der Waals surface area contributed by atoms with Crippen molar-refractivity contribution in [2.75, 3.05) is 6.61 Å². The lowest BCUT2D eigenvalue weighted by atomic mass is 9.98. The molecule has 34 heavy (non-hydrogen) atoms. The summed E-state index contributed by atoms with van der Waals surface area (Å²) in [5.74, 6) is -2.66. The molecule has 9 nitrogen and oxygen atoms in total. The van der Waals surface area contributed by atoms with Gasteiger partial charge in [0.1, 0.15) is 12.6 Å². The Morgan fingerprint density at radius 1 is 1.12 bits per heavy atom. The van der Waals surface area contributed by atoms with Crippen molar-refractivity contribution in [1.29, 1.82) is 0 Å². The SMILES string of the molecule is CCCCC(NC(=O)OCC1c2ccccc2-c2ccccc21)C(=O)N1NC(=O)CC1C(=O)O. The first-order valence-corrected chi connectivity index (χ1v) is 11.4. The Hall–Kier alpha value is -3.88. The quantitative estimate of drug-likeness (QED) is 0.551. The van der Waals surface area contributed by atoms with Gasteiger partial charge in [-0.25, -0.2) is 14.6 Å². The number of carboxylic acids is 1. The maximum atomic E-state index is 13.0. The second-order valence-corrected chi connectivity index (χ2v) is 8.47. The Labute approximate surface area is 197 Å². The molecule has 2 aliphatic rings. The molecule has 1 fully saturated rings. The number of nitrogens with zero attached hydrogens (tertiary/aromatic N) is 1. The molecule has 0 saturated carbocycles. The zero-order valence-electron chi connectivity index (χ0n) is 18.8. The average molecular weight is 466 g/mol. The molecule has 0 aromatic heterocycles. The van der Waals surface area contributed by atoms with Crippen molar-refractivity contribution in [3.63, 3.8) is 0 Å². The molecule has 0 radical (unpaired) electrons. The topological polar surface area (TPSA) is 125 Å². The van der Waals surface area contributed by atoms with E-state index in [9.17, 15) is 24.3 Å². The standard InChI is InChI=1S/C25H27N3O6/c1-2-3-12-20(23(30)28-21(24(31)32)13-22(29)27-28)26-25(33)34-14-19-17-10-6-4-8-15(17)16-9-5-7-11-18(16)19/h4-11,19-21H,2-3,12-14H2,1H3,(H,26,33)(H,27,29)(H,31,32). The third kappa shape index (κ3) is 4.59. The number of benzene rings is 2. The van der Waals surface area contributed by atoms with Gasteiger partial charge in [0, 0.05) is 5.92 Å². The number of hydrogen-bond donors (Lipinski definition) is 3. The van der Waals surface area contributed by atoms with Crippen molar-refractivity contribution in [3.05, 3.63) is 59.7 Å². The molecule has 2 atom stereocenters. The van der Waals surface area contributed by atoms with Gasteiger partial charge in [-0.15, -0.1) is 0 Å². The van der Waals surface area contributed by atoms with Crippen LogP contribution in [-0.2, 0) is 19.1 Å². The van der Waals surface area contributed by atoms with Gasteiger partial charge < -0.3 is 15.2 Å². The fraction of sp³-hybridized carbons (Fsp3) is 0.360. The van der Waals surface area contributed by atoms with Crippen LogP contribution in [0.25, 0.3) is 11.1 Å². The minimum absolute atomic E-state index is 0.0900. The molecule has 2 aromatic carbocycles. The Morgan fingerprint density at radius 3 is 2.32 bits per heavy atom. The number of carbonyl (C=O) groups excluding carboxylic acids is 3. The van der Waals surface area contributed by atoms with Gasteiger partial charge in [0.15, 0.2) is 6.04 Å². The summed E-state index contributed by atoms with van der Waals surface area (Å²) < 4.78 is 5.53. The summed E-state index contributed by atoms with van der Waals surface area (Å²) in [5.41, 5.74) is 6.63. The number of ether oxygens (including phenoxy) is 1. The number of hydrazine groups is 1. The average Bonchev–Trinajstić information content (AvgIpc) is 3.38. The monoisotopic (exact) mass is 465 g/mol. The molecule has 2 aromatic rings. The van der Waals surface area contributed by atoms with E-state index in [4.69, 9.17) is 4.74 Å². The predicted octanol–water partition coefficient (Wildman–Crippen LogP) is 2.80. The van der Waals surface area contributed by atoms with Gasteiger partial charge in [-0.05, 0) is 28.7 Å². The number of nitrogens with one attached hydrogen (secondary N) is 2. The molecule has 3 amide bonds. The number of unbranched alkanes of at least 4 members (excludes halogenated alkanes) is 1. The van der Waals surface area contributed by atoms with Crippen LogP contribution in [0.15, 0.2) is 48.5 Å². The van der Waals surface area contributed by atoms with Crippen LogP contribution in [0.1, 0.15) is 49.7 Å². The van der Waals surface area contributed by atoms with Gasteiger partial charge in [-0.1, -0.05) is 68.3 Å². The lowest BCUT2D eigenvalue weighted by molar-refractivity contribution is -0.151. The summed E-state index contributed by atoms with van der Waals surface area (Å²) in [6.45, 7) is 2.03. The van der Waals surface area contributed by atoms with E-state index in [0.29, 0.717) is 6.42 Å². The van der Waals surface area contributed by atoms with Crippen molar-refractivity contribution in [3.8, 4) is 11.1 Å². The lowest BCUT2D eigenvalue weighted by Crippen LogP contribution is -2.55. The van der Waals surface area contributed by atoms with Crippen LogP contribution in [0.3, 0.4) is 0 Å². The highest BCUT2D eigenvalue weighted by atomic mass is 16.5. The zero-order valence-corrected chi connectivity index (χ0v) is 18.8. The Balaban J connectivity index is 1.44. The second-order valence-electron chi connectivity index (χ2n) is 8.47. The molecule has 178 valence electrons. The van der Waals surface area contributed by atoms with Gasteiger partial charge in [-0.3, -0.25) is 15.0 Å². The van der Waals surface area contributed by atoms with Gasteiger partial charge in [0.25, 0.3) is 5.91 Å². The highest BCUT2D eigenvalue weighted by Crippen LogP contribution is 2.44. The van der Waals surface area contributed by atoms with Crippen LogP contribution in [0.4, 0.5) is 4.79 Å². The number of carbonyl (C=O) groups is 4. The van der Waals surface area contributed by atoms with Crippen LogP contribution in [0.2, 0.25) is 0 Å². The summed E-state index contributed by atoms with van der Waals surface area (Å²) in [6.07, 6.45) is 0.587. The van der Waals surface area contributed by atoms with Crippen LogP contribution in [0.5, 0.6) is 0 Å². The predicted molar refractivity (Wildman–Crippen MR) is 123 cm³/mol. The number of rotatable bonds is 8. The van der Waals surface area contributed by atoms with E-state index in [1.165, 1.54) is 0 Å². The molecule has 3 N–H and O–H groups in total. The number of aliphatic carboxylic acids is 1. The summed E-state index contributed by atoms with van der Waals surface area (Å²) >= 11 is 0. The highest BCUT2D eigenvalue weighted by Gasteiger charge is 2.41.